The molecule has 1 heterocycles. The number of aryl methyl sites for hydroxylation is 1. The molecule has 4 rings (SSSR count). The van der Waals surface area contributed by atoms with E-state index in [-0.39, 0.29) is 17.6 Å². The molecule has 0 bridgehead atoms. The average Bonchev–Trinajstić information content (AvgIpc) is 3.48. The second kappa shape index (κ2) is 8.14. The molecule has 1 aliphatic carbocycles. The van der Waals surface area contributed by atoms with Crippen molar-refractivity contribution in [2.24, 2.45) is 5.92 Å². The van der Waals surface area contributed by atoms with Gasteiger partial charge in [0.05, 0.1) is 6.54 Å². The van der Waals surface area contributed by atoms with Gasteiger partial charge in [0.2, 0.25) is 5.91 Å². The highest BCUT2D eigenvalue weighted by Gasteiger charge is 2.29. The average molecular weight is 396 g/mol. The second-order valence-electron chi connectivity index (χ2n) is 6.98. The number of rotatable bonds is 7. The normalized spacial score (nSPS) is 13.5. The van der Waals surface area contributed by atoms with Gasteiger partial charge >= 0.3 is 0 Å². The quantitative estimate of drug-likeness (QED) is 0.613. The zero-order valence-electron chi connectivity index (χ0n) is 15.6. The van der Waals surface area contributed by atoms with Crippen LogP contribution in [0.2, 0.25) is 0 Å². The highest BCUT2D eigenvalue weighted by Crippen LogP contribution is 2.29. The summed E-state index contributed by atoms with van der Waals surface area (Å²) in [7, 11) is 0. The number of nitrogens with one attached hydrogen (secondary N) is 1. The smallest absolute Gasteiger partial charge is 0.223 e. The molecule has 5 nitrogen and oxygen atoms in total. The molecule has 0 aliphatic heterocycles. The maximum absolute atomic E-state index is 13.1. The van der Waals surface area contributed by atoms with Crippen molar-refractivity contribution >= 4 is 17.7 Å². The Hall–Kier alpha value is -2.67. The van der Waals surface area contributed by atoms with E-state index in [0.717, 1.165) is 29.2 Å². The van der Waals surface area contributed by atoms with Gasteiger partial charge in [-0.25, -0.2) is 4.39 Å². The Labute approximate surface area is 167 Å². The zero-order valence-corrected chi connectivity index (χ0v) is 16.4. The highest BCUT2D eigenvalue weighted by molar-refractivity contribution is 7.98. The first-order valence-corrected chi connectivity index (χ1v) is 10.2. The molecule has 0 unspecified atom stereocenters. The Morgan fingerprint density at radius 3 is 2.54 bits per heavy atom. The minimum Gasteiger partial charge on any atom is -0.349 e. The van der Waals surface area contributed by atoms with Gasteiger partial charge in [-0.15, -0.1) is 10.2 Å². The molecule has 1 amide bonds. The molecular formula is C21H21FN4OS. The summed E-state index contributed by atoms with van der Waals surface area (Å²) in [5.74, 6) is 1.34. The summed E-state index contributed by atoms with van der Waals surface area (Å²) in [6.45, 7) is 2.38. The van der Waals surface area contributed by atoms with Crippen molar-refractivity contribution in [1.29, 1.82) is 0 Å². The second-order valence-corrected chi connectivity index (χ2v) is 7.92. The molecular weight excluding hydrogens is 375 g/mol. The third-order valence-electron chi connectivity index (χ3n) is 4.64. The topological polar surface area (TPSA) is 59.8 Å². The number of halogens is 1. The fourth-order valence-corrected chi connectivity index (χ4v) is 3.77. The van der Waals surface area contributed by atoms with Gasteiger partial charge in [-0.2, -0.15) is 0 Å². The van der Waals surface area contributed by atoms with Crippen LogP contribution >= 0.6 is 11.8 Å². The predicted molar refractivity (Wildman–Crippen MR) is 107 cm³/mol. The lowest BCUT2D eigenvalue weighted by Crippen LogP contribution is -2.25. The van der Waals surface area contributed by atoms with Crippen molar-refractivity contribution in [3.05, 3.63) is 71.3 Å². The van der Waals surface area contributed by atoms with Crippen LogP contribution in [0.5, 0.6) is 0 Å². The molecule has 1 aromatic heterocycles. The summed E-state index contributed by atoms with van der Waals surface area (Å²) in [5.41, 5.74) is 3.13. The molecule has 144 valence electrons. The first-order chi connectivity index (χ1) is 13.6. The predicted octanol–water partition coefficient (Wildman–Crippen LogP) is 4.03. The van der Waals surface area contributed by atoms with Crippen LogP contribution in [0, 0.1) is 18.7 Å². The van der Waals surface area contributed by atoms with E-state index in [1.165, 1.54) is 29.5 Å². The Morgan fingerprint density at radius 2 is 1.86 bits per heavy atom. The molecule has 1 fully saturated rings. The van der Waals surface area contributed by atoms with Crippen LogP contribution in [0.4, 0.5) is 4.39 Å². The van der Waals surface area contributed by atoms with Crippen molar-refractivity contribution in [2.45, 2.75) is 37.2 Å². The molecule has 0 radical (unpaired) electrons. The van der Waals surface area contributed by atoms with Gasteiger partial charge in [-0.3, -0.25) is 9.36 Å². The number of carbonyl (C=O) groups is 1. The van der Waals surface area contributed by atoms with E-state index in [2.05, 4.69) is 15.5 Å². The van der Waals surface area contributed by atoms with E-state index in [0.29, 0.717) is 18.1 Å². The lowest BCUT2D eigenvalue weighted by Gasteiger charge is -2.11. The summed E-state index contributed by atoms with van der Waals surface area (Å²) in [6, 6.07) is 14.6. The first-order valence-electron chi connectivity index (χ1n) is 9.26. The number of nitrogens with zero attached hydrogens (tertiary/aromatic N) is 3. The fourth-order valence-electron chi connectivity index (χ4n) is 2.85. The molecule has 3 aromatic rings. The lowest BCUT2D eigenvalue weighted by atomic mass is 10.2. The van der Waals surface area contributed by atoms with E-state index >= 15 is 0 Å². The van der Waals surface area contributed by atoms with Gasteiger partial charge in [0.25, 0.3) is 0 Å². The number of hydrogen-bond acceptors (Lipinski definition) is 4. The van der Waals surface area contributed by atoms with E-state index < -0.39 is 0 Å². The number of benzene rings is 2. The largest absolute Gasteiger partial charge is 0.349 e. The van der Waals surface area contributed by atoms with Gasteiger partial charge in [-0.05, 0) is 49.6 Å². The van der Waals surface area contributed by atoms with Gasteiger partial charge in [0, 0.05) is 17.4 Å². The van der Waals surface area contributed by atoms with E-state index in [1.54, 1.807) is 12.1 Å². The van der Waals surface area contributed by atoms with Crippen molar-refractivity contribution in [2.75, 3.05) is 0 Å². The molecule has 0 spiro atoms. The van der Waals surface area contributed by atoms with Crippen LogP contribution in [-0.4, -0.2) is 20.7 Å². The summed E-state index contributed by atoms with van der Waals surface area (Å²) < 4.78 is 15.1. The van der Waals surface area contributed by atoms with Crippen LogP contribution in [-0.2, 0) is 17.1 Å². The lowest BCUT2D eigenvalue weighted by molar-refractivity contribution is -0.122. The molecule has 1 N–H and O–H groups in total. The van der Waals surface area contributed by atoms with Gasteiger partial charge in [-0.1, -0.05) is 41.6 Å². The van der Waals surface area contributed by atoms with E-state index in [9.17, 15) is 9.18 Å². The molecule has 28 heavy (non-hydrogen) atoms. The van der Waals surface area contributed by atoms with Crippen molar-refractivity contribution in [3.63, 3.8) is 0 Å². The van der Waals surface area contributed by atoms with E-state index in [1.807, 2.05) is 35.8 Å². The van der Waals surface area contributed by atoms with Crippen LogP contribution in [0.3, 0.4) is 0 Å². The van der Waals surface area contributed by atoms with Gasteiger partial charge < -0.3 is 5.32 Å². The van der Waals surface area contributed by atoms with Crippen LogP contribution < -0.4 is 5.32 Å². The third kappa shape index (κ3) is 4.42. The molecule has 0 atom stereocenters. The Bertz CT molecular complexity index is 965. The minimum atomic E-state index is -0.245. The maximum Gasteiger partial charge on any atom is 0.223 e. The Morgan fingerprint density at radius 1 is 1.14 bits per heavy atom. The minimum absolute atomic E-state index is 0.0824. The summed E-state index contributed by atoms with van der Waals surface area (Å²) in [4.78, 5) is 12.0. The first kappa shape index (κ1) is 18.7. The van der Waals surface area contributed by atoms with Crippen LogP contribution in [0.25, 0.3) is 5.69 Å². The fraction of sp³-hybridized carbons (Fsp3) is 0.286. The highest BCUT2D eigenvalue weighted by atomic mass is 32.2. The molecule has 1 saturated carbocycles. The number of carbonyl (C=O) groups excluding carboxylic acids is 1. The molecule has 7 heteroatoms. The number of thioether (sulfide) groups is 1. The maximum atomic E-state index is 13.1. The summed E-state index contributed by atoms with van der Waals surface area (Å²) in [5, 5.41) is 12.3. The van der Waals surface area contributed by atoms with Crippen LogP contribution in [0.1, 0.15) is 29.8 Å². The zero-order chi connectivity index (χ0) is 19.5. The van der Waals surface area contributed by atoms with Gasteiger partial charge in [0.15, 0.2) is 11.0 Å². The molecule has 2 aromatic carbocycles. The molecule has 1 aliphatic rings. The van der Waals surface area contributed by atoms with Crippen molar-refractivity contribution in [3.8, 4) is 5.69 Å². The monoisotopic (exact) mass is 396 g/mol. The summed E-state index contributed by atoms with van der Waals surface area (Å²) >= 11 is 1.53. The third-order valence-corrected chi connectivity index (χ3v) is 5.64. The number of amides is 1. The Kier molecular flexibility index (Phi) is 5.43. The van der Waals surface area contributed by atoms with Crippen molar-refractivity contribution in [1.82, 2.24) is 20.1 Å². The summed E-state index contributed by atoms with van der Waals surface area (Å²) in [6.07, 6.45) is 1.94. The molecule has 0 saturated heterocycles. The van der Waals surface area contributed by atoms with E-state index in [4.69, 9.17) is 0 Å². The van der Waals surface area contributed by atoms with Gasteiger partial charge in [0.1, 0.15) is 5.82 Å². The number of hydrogen-bond donors (Lipinski definition) is 1. The van der Waals surface area contributed by atoms with Crippen LogP contribution in [0.15, 0.2) is 53.7 Å². The van der Waals surface area contributed by atoms with Crippen molar-refractivity contribution < 1.29 is 9.18 Å². The SMILES string of the molecule is Cc1ccc(-n2c(CNC(=O)C3CC3)nnc2SCc2ccc(F)cc2)cc1. The Balaban J connectivity index is 1.56. The standard InChI is InChI=1S/C21H21FN4OS/c1-14-2-10-18(11-3-14)26-19(12-23-20(27)16-6-7-16)24-25-21(26)28-13-15-4-8-17(22)9-5-15/h2-5,8-11,16H,6-7,12-13H2,1H3,(H,23,27). The number of aromatic nitrogens is 3.